The minimum Gasteiger partial charge on any atom is -0.353 e. The molecule has 22 heavy (non-hydrogen) atoms. The Morgan fingerprint density at radius 3 is 2.64 bits per heavy atom. The summed E-state index contributed by atoms with van der Waals surface area (Å²) >= 11 is 0. The van der Waals surface area contributed by atoms with Crippen LogP contribution in [0.2, 0.25) is 0 Å². The maximum Gasteiger partial charge on any atom is 0.116 e. The molecule has 0 N–H and O–H groups in total. The van der Waals surface area contributed by atoms with Gasteiger partial charge in [0.25, 0.3) is 0 Å². The van der Waals surface area contributed by atoms with E-state index in [0.29, 0.717) is 0 Å². The number of anilines is 1. The molecule has 1 nitrogen and oxygen atoms in total. The monoisotopic (exact) mass is 289 g/mol. The van der Waals surface area contributed by atoms with Crippen LogP contribution in [0.15, 0.2) is 54.6 Å². The summed E-state index contributed by atoms with van der Waals surface area (Å²) in [5.41, 5.74) is 4.10. The van der Waals surface area contributed by atoms with Crippen LogP contribution in [-0.4, -0.2) is 6.54 Å². The van der Waals surface area contributed by atoms with Gasteiger partial charge in [0.2, 0.25) is 0 Å². The number of para-hydroxylation sites is 1. The van der Waals surface area contributed by atoms with Gasteiger partial charge in [-0.2, -0.15) is 0 Å². The van der Waals surface area contributed by atoms with Gasteiger partial charge >= 0.3 is 0 Å². The summed E-state index contributed by atoms with van der Waals surface area (Å²) in [5.74, 6) is 6.94. The number of hydrogen-bond donors (Lipinski definition) is 0. The number of rotatable bonds is 3. The van der Waals surface area contributed by atoms with Crippen molar-refractivity contribution >= 4 is 5.69 Å². The Morgan fingerprint density at radius 1 is 1.05 bits per heavy atom. The minimum atomic E-state index is 0.184. The van der Waals surface area contributed by atoms with Crippen molar-refractivity contribution in [1.29, 1.82) is 0 Å². The fourth-order valence-electron chi connectivity index (χ4n) is 3.05. The van der Waals surface area contributed by atoms with Gasteiger partial charge in [0.05, 0.1) is 0 Å². The molecule has 1 aliphatic heterocycles. The second-order valence-corrected chi connectivity index (χ2v) is 5.80. The topological polar surface area (TPSA) is 3.24 Å². The molecule has 0 fully saturated rings. The molecule has 0 bridgehead atoms. The van der Waals surface area contributed by atoms with Crippen molar-refractivity contribution in [2.75, 3.05) is 11.4 Å². The Hall–Kier alpha value is -2.20. The van der Waals surface area contributed by atoms with E-state index in [2.05, 4.69) is 78.3 Å². The number of unbranched alkanes of at least 4 members (excludes halogenated alkanes) is 2. The third-order valence-corrected chi connectivity index (χ3v) is 4.27. The average Bonchev–Trinajstić information content (AvgIpc) is 2.59. The lowest BCUT2D eigenvalue weighted by atomic mass is 9.92. The van der Waals surface area contributed by atoms with E-state index in [-0.39, 0.29) is 6.04 Å². The van der Waals surface area contributed by atoms with Crippen molar-refractivity contribution in [3.63, 3.8) is 0 Å². The summed E-state index contributed by atoms with van der Waals surface area (Å²) in [6.45, 7) is 3.25. The van der Waals surface area contributed by atoms with Gasteiger partial charge in [-0.15, -0.1) is 5.92 Å². The second kappa shape index (κ2) is 7.18. The van der Waals surface area contributed by atoms with E-state index < -0.39 is 0 Å². The molecule has 112 valence electrons. The fourth-order valence-corrected chi connectivity index (χ4v) is 3.05. The van der Waals surface area contributed by atoms with Crippen molar-refractivity contribution in [2.24, 2.45) is 0 Å². The number of hydrogen-bond acceptors (Lipinski definition) is 1. The molecule has 0 radical (unpaired) electrons. The predicted octanol–water partition coefficient (Wildman–Crippen LogP) is 4.98. The van der Waals surface area contributed by atoms with Gasteiger partial charge in [0.1, 0.15) is 6.04 Å². The lowest BCUT2D eigenvalue weighted by Gasteiger charge is -2.36. The molecule has 0 spiro atoms. The van der Waals surface area contributed by atoms with Gasteiger partial charge in [0.15, 0.2) is 0 Å². The molecule has 1 aliphatic rings. The van der Waals surface area contributed by atoms with E-state index >= 15 is 0 Å². The molecular weight excluding hydrogens is 266 g/mol. The Balaban J connectivity index is 1.94. The van der Waals surface area contributed by atoms with Crippen LogP contribution in [0.4, 0.5) is 5.69 Å². The summed E-state index contributed by atoms with van der Waals surface area (Å²) in [4.78, 5) is 2.45. The van der Waals surface area contributed by atoms with Crippen molar-refractivity contribution in [2.45, 2.75) is 38.6 Å². The summed E-state index contributed by atoms with van der Waals surface area (Å²) in [6, 6.07) is 19.6. The standard InChI is InChI=1S/C21H23N/c1-2-3-4-8-15-21-20-14-10-9-11-18(20)16-17-22(21)19-12-6-5-7-13-19/h5-7,9-14,21H,2-4,16-17H2,1H3. The first kappa shape index (κ1) is 14.7. The van der Waals surface area contributed by atoms with Gasteiger partial charge in [0, 0.05) is 18.7 Å². The van der Waals surface area contributed by atoms with Crippen molar-refractivity contribution in [3.05, 3.63) is 65.7 Å². The molecule has 0 saturated heterocycles. The van der Waals surface area contributed by atoms with Crippen LogP contribution < -0.4 is 4.90 Å². The maximum atomic E-state index is 3.54. The van der Waals surface area contributed by atoms with Gasteiger partial charge in [-0.05, 0) is 36.1 Å². The zero-order valence-corrected chi connectivity index (χ0v) is 13.3. The zero-order chi connectivity index (χ0) is 15.2. The van der Waals surface area contributed by atoms with Gasteiger partial charge in [-0.25, -0.2) is 0 Å². The first-order valence-corrected chi connectivity index (χ1v) is 8.28. The molecule has 1 unspecified atom stereocenters. The highest BCUT2D eigenvalue weighted by Gasteiger charge is 2.25. The highest BCUT2D eigenvalue weighted by atomic mass is 15.2. The predicted molar refractivity (Wildman–Crippen MR) is 94.0 cm³/mol. The van der Waals surface area contributed by atoms with E-state index in [0.717, 1.165) is 19.4 Å². The van der Waals surface area contributed by atoms with E-state index in [4.69, 9.17) is 0 Å². The summed E-state index contributed by atoms with van der Waals surface area (Å²) < 4.78 is 0. The molecule has 1 atom stereocenters. The third-order valence-electron chi connectivity index (χ3n) is 4.27. The number of nitrogens with zero attached hydrogens (tertiary/aromatic N) is 1. The Labute approximate surface area is 134 Å². The number of fused-ring (bicyclic) bond motifs is 1. The molecule has 0 aromatic heterocycles. The summed E-state index contributed by atoms with van der Waals surface area (Å²) in [7, 11) is 0. The van der Waals surface area contributed by atoms with E-state index in [1.807, 2.05) is 0 Å². The largest absolute Gasteiger partial charge is 0.353 e. The molecule has 1 heteroatoms. The third kappa shape index (κ3) is 3.17. The zero-order valence-electron chi connectivity index (χ0n) is 13.3. The first-order valence-electron chi connectivity index (χ1n) is 8.28. The highest BCUT2D eigenvalue weighted by molar-refractivity contribution is 5.55. The quantitative estimate of drug-likeness (QED) is 0.568. The number of benzene rings is 2. The molecule has 1 heterocycles. The Morgan fingerprint density at radius 2 is 1.82 bits per heavy atom. The van der Waals surface area contributed by atoms with Crippen LogP contribution in [-0.2, 0) is 6.42 Å². The molecule has 0 saturated carbocycles. The van der Waals surface area contributed by atoms with Gasteiger partial charge < -0.3 is 4.90 Å². The van der Waals surface area contributed by atoms with Crippen LogP contribution in [0.3, 0.4) is 0 Å². The fraction of sp³-hybridized carbons (Fsp3) is 0.333. The van der Waals surface area contributed by atoms with Crippen molar-refractivity contribution < 1.29 is 0 Å². The normalized spacial score (nSPS) is 16.6. The smallest absolute Gasteiger partial charge is 0.116 e. The summed E-state index contributed by atoms with van der Waals surface area (Å²) in [5, 5.41) is 0. The molecule has 0 aliphatic carbocycles. The Bertz CT molecular complexity index is 663. The van der Waals surface area contributed by atoms with Crippen molar-refractivity contribution in [1.82, 2.24) is 0 Å². The van der Waals surface area contributed by atoms with Gasteiger partial charge in [-0.3, -0.25) is 0 Å². The molecule has 3 rings (SSSR count). The molecular formula is C21H23N. The van der Waals surface area contributed by atoms with Crippen LogP contribution >= 0.6 is 0 Å². The van der Waals surface area contributed by atoms with Crippen LogP contribution in [0, 0.1) is 11.8 Å². The second-order valence-electron chi connectivity index (χ2n) is 5.80. The van der Waals surface area contributed by atoms with E-state index in [1.54, 1.807) is 0 Å². The van der Waals surface area contributed by atoms with Crippen LogP contribution in [0.1, 0.15) is 43.4 Å². The van der Waals surface area contributed by atoms with Crippen LogP contribution in [0.25, 0.3) is 0 Å². The molecule has 2 aromatic rings. The first-order chi connectivity index (χ1) is 10.9. The lowest BCUT2D eigenvalue weighted by Crippen LogP contribution is -2.34. The SMILES string of the molecule is CCCCC#CC1c2ccccc2CCN1c1ccccc1. The summed E-state index contributed by atoms with van der Waals surface area (Å²) in [6.07, 6.45) is 4.49. The molecule has 2 aromatic carbocycles. The Kier molecular flexibility index (Phi) is 4.81. The molecule has 0 amide bonds. The van der Waals surface area contributed by atoms with E-state index in [1.165, 1.54) is 29.7 Å². The minimum absolute atomic E-state index is 0.184. The van der Waals surface area contributed by atoms with E-state index in [9.17, 15) is 0 Å². The van der Waals surface area contributed by atoms with Crippen LogP contribution in [0.5, 0.6) is 0 Å². The lowest BCUT2D eigenvalue weighted by molar-refractivity contribution is 0.681. The van der Waals surface area contributed by atoms with Crippen molar-refractivity contribution in [3.8, 4) is 11.8 Å². The maximum absolute atomic E-state index is 3.54. The highest BCUT2D eigenvalue weighted by Crippen LogP contribution is 2.33. The average molecular weight is 289 g/mol. The van der Waals surface area contributed by atoms with Gasteiger partial charge in [-0.1, -0.05) is 61.7 Å².